The molecule has 0 atom stereocenters. The third kappa shape index (κ3) is 1.76. The summed E-state index contributed by atoms with van der Waals surface area (Å²) < 4.78 is 0. The van der Waals surface area contributed by atoms with Crippen LogP contribution in [0.5, 0.6) is 0 Å². The van der Waals surface area contributed by atoms with Gasteiger partial charge in [0.2, 0.25) is 0 Å². The average molecular weight is 185 g/mol. The van der Waals surface area contributed by atoms with Crippen LogP contribution in [-0.4, -0.2) is 4.98 Å². The highest BCUT2D eigenvalue weighted by Crippen LogP contribution is 2.26. The fourth-order valence-electron chi connectivity index (χ4n) is 1.05. The van der Waals surface area contributed by atoms with E-state index in [9.17, 15) is 0 Å². The second kappa shape index (κ2) is 3.04. The van der Waals surface area contributed by atoms with Crippen molar-refractivity contribution >= 4 is 11.6 Å². The molecule has 0 unspecified atom stereocenters. The molecule has 0 bridgehead atoms. The van der Waals surface area contributed by atoms with Gasteiger partial charge < -0.3 is 5.73 Å². The van der Waals surface area contributed by atoms with Gasteiger partial charge in [-0.2, -0.15) is 0 Å². The molecule has 2 N–H and O–H groups in total. The zero-order valence-corrected chi connectivity index (χ0v) is 8.31. The van der Waals surface area contributed by atoms with Crippen molar-refractivity contribution in [3.8, 4) is 0 Å². The van der Waals surface area contributed by atoms with Crippen LogP contribution in [0.1, 0.15) is 25.1 Å². The smallest absolute Gasteiger partial charge is 0.0668 e. The minimum Gasteiger partial charge on any atom is -0.322 e. The van der Waals surface area contributed by atoms with Gasteiger partial charge in [0.05, 0.1) is 10.7 Å². The van der Waals surface area contributed by atoms with Crippen molar-refractivity contribution in [2.45, 2.75) is 26.3 Å². The van der Waals surface area contributed by atoms with Crippen molar-refractivity contribution in [3.63, 3.8) is 0 Å². The SMILES string of the molecule is Cc1nccc(C(C)(C)N)c1Cl. The highest BCUT2D eigenvalue weighted by atomic mass is 35.5. The van der Waals surface area contributed by atoms with Gasteiger partial charge in [-0.05, 0) is 32.4 Å². The molecule has 0 amide bonds. The van der Waals surface area contributed by atoms with Gasteiger partial charge in [-0.3, -0.25) is 4.98 Å². The molecule has 0 aliphatic rings. The number of aromatic nitrogens is 1. The normalized spacial score (nSPS) is 11.8. The predicted octanol–water partition coefficient (Wildman–Crippen LogP) is 2.24. The van der Waals surface area contributed by atoms with Crippen molar-refractivity contribution in [3.05, 3.63) is 28.5 Å². The van der Waals surface area contributed by atoms with Crippen LogP contribution in [0, 0.1) is 6.92 Å². The van der Waals surface area contributed by atoms with E-state index < -0.39 is 5.54 Å². The minimum absolute atomic E-state index is 0.398. The van der Waals surface area contributed by atoms with E-state index in [1.165, 1.54) is 0 Å². The molecule has 0 fully saturated rings. The number of aryl methyl sites for hydroxylation is 1. The second-order valence-electron chi connectivity index (χ2n) is 3.48. The number of halogens is 1. The molecule has 1 aromatic rings. The molecule has 0 aliphatic heterocycles. The fraction of sp³-hybridized carbons (Fsp3) is 0.444. The Morgan fingerprint density at radius 2 is 2.08 bits per heavy atom. The Kier molecular flexibility index (Phi) is 2.40. The highest BCUT2D eigenvalue weighted by Gasteiger charge is 2.18. The van der Waals surface area contributed by atoms with Crippen molar-refractivity contribution in [1.82, 2.24) is 4.98 Å². The Hall–Kier alpha value is -0.600. The summed E-state index contributed by atoms with van der Waals surface area (Å²) in [7, 11) is 0. The van der Waals surface area contributed by atoms with Crippen LogP contribution in [0.3, 0.4) is 0 Å². The lowest BCUT2D eigenvalue weighted by Crippen LogP contribution is -2.29. The first-order valence-electron chi connectivity index (χ1n) is 3.83. The summed E-state index contributed by atoms with van der Waals surface area (Å²) >= 11 is 6.04. The second-order valence-corrected chi connectivity index (χ2v) is 3.86. The first-order chi connectivity index (χ1) is 5.43. The molecule has 3 heteroatoms. The van der Waals surface area contributed by atoms with E-state index in [2.05, 4.69) is 4.98 Å². The zero-order chi connectivity index (χ0) is 9.35. The summed E-state index contributed by atoms with van der Waals surface area (Å²) in [5.74, 6) is 0. The molecule has 0 saturated carbocycles. The molecule has 0 radical (unpaired) electrons. The van der Waals surface area contributed by atoms with Gasteiger partial charge in [-0.15, -0.1) is 0 Å². The molecule has 1 aromatic heterocycles. The maximum Gasteiger partial charge on any atom is 0.0668 e. The van der Waals surface area contributed by atoms with E-state index in [0.29, 0.717) is 5.02 Å². The number of rotatable bonds is 1. The monoisotopic (exact) mass is 184 g/mol. The lowest BCUT2D eigenvalue weighted by molar-refractivity contribution is 0.553. The Bertz CT molecular complexity index is 289. The molecule has 0 saturated heterocycles. The summed E-state index contributed by atoms with van der Waals surface area (Å²) in [6, 6.07) is 1.86. The summed E-state index contributed by atoms with van der Waals surface area (Å²) in [5.41, 5.74) is 7.28. The first kappa shape index (κ1) is 9.49. The molecule has 1 heterocycles. The van der Waals surface area contributed by atoms with Gasteiger partial charge in [0.25, 0.3) is 0 Å². The summed E-state index contributed by atoms with van der Waals surface area (Å²) in [6.07, 6.45) is 1.73. The van der Waals surface area contributed by atoms with Gasteiger partial charge >= 0.3 is 0 Å². The molecule has 1 rings (SSSR count). The first-order valence-corrected chi connectivity index (χ1v) is 4.21. The van der Waals surface area contributed by atoms with E-state index in [1.807, 2.05) is 26.8 Å². The fourth-order valence-corrected chi connectivity index (χ4v) is 1.40. The van der Waals surface area contributed by atoms with Gasteiger partial charge in [0, 0.05) is 11.7 Å². The Morgan fingerprint density at radius 3 is 2.50 bits per heavy atom. The van der Waals surface area contributed by atoms with Crippen LogP contribution in [0.15, 0.2) is 12.3 Å². The lowest BCUT2D eigenvalue weighted by Gasteiger charge is -2.20. The van der Waals surface area contributed by atoms with Gasteiger partial charge in [-0.1, -0.05) is 11.6 Å². The Morgan fingerprint density at radius 1 is 1.50 bits per heavy atom. The number of hydrogen-bond acceptors (Lipinski definition) is 2. The Balaban J connectivity index is 3.26. The molecule has 0 aliphatic carbocycles. The largest absolute Gasteiger partial charge is 0.322 e. The summed E-state index contributed by atoms with van der Waals surface area (Å²) in [6.45, 7) is 5.72. The van der Waals surface area contributed by atoms with E-state index >= 15 is 0 Å². The van der Waals surface area contributed by atoms with Crippen LogP contribution in [0.2, 0.25) is 5.02 Å². The van der Waals surface area contributed by atoms with Crippen molar-refractivity contribution in [1.29, 1.82) is 0 Å². The summed E-state index contributed by atoms with van der Waals surface area (Å²) in [4.78, 5) is 4.07. The maximum absolute atomic E-state index is 6.04. The molecule has 2 nitrogen and oxygen atoms in total. The molecule has 66 valence electrons. The van der Waals surface area contributed by atoms with E-state index in [0.717, 1.165) is 11.3 Å². The molecule has 0 spiro atoms. The van der Waals surface area contributed by atoms with Crippen LogP contribution >= 0.6 is 11.6 Å². The van der Waals surface area contributed by atoms with E-state index in [-0.39, 0.29) is 0 Å². The van der Waals surface area contributed by atoms with Crippen molar-refractivity contribution in [2.24, 2.45) is 5.73 Å². The topological polar surface area (TPSA) is 38.9 Å². The van der Waals surface area contributed by atoms with Crippen LogP contribution in [0.25, 0.3) is 0 Å². The molecular weight excluding hydrogens is 172 g/mol. The summed E-state index contributed by atoms with van der Waals surface area (Å²) in [5, 5.41) is 0.671. The van der Waals surface area contributed by atoms with Crippen LogP contribution in [0.4, 0.5) is 0 Å². The van der Waals surface area contributed by atoms with Gasteiger partial charge in [-0.25, -0.2) is 0 Å². The third-order valence-electron chi connectivity index (χ3n) is 1.76. The van der Waals surface area contributed by atoms with Gasteiger partial charge in [0.1, 0.15) is 0 Å². The molecular formula is C9H13ClN2. The van der Waals surface area contributed by atoms with Crippen LogP contribution in [-0.2, 0) is 5.54 Å². The van der Waals surface area contributed by atoms with E-state index in [4.69, 9.17) is 17.3 Å². The number of hydrogen-bond donors (Lipinski definition) is 1. The van der Waals surface area contributed by atoms with Crippen LogP contribution < -0.4 is 5.73 Å². The van der Waals surface area contributed by atoms with Crippen molar-refractivity contribution < 1.29 is 0 Å². The quantitative estimate of drug-likeness (QED) is 0.727. The minimum atomic E-state index is -0.398. The molecule has 0 aromatic carbocycles. The van der Waals surface area contributed by atoms with Crippen molar-refractivity contribution in [2.75, 3.05) is 0 Å². The number of nitrogens with two attached hydrogens (primary N) is 1. The maximum atomic E-state index is 6.04. The predicted molar refractivity (Wildman–Crippen MR) is 51.2 cm³/mol. The molecule has 12 heavy (non-hydrogen) atoms. The van der Waals surface area contributed by atoms with E-state index in [1.54, 1.807) is 6.20 Å². The highest BCUT2D eigenvalue weighted by molar-refractivity contribution is 6.32. The zero-order valence-electron chi connectivity index (χ0n) is 7.56. The third-order valence-corrected chi connectivity index (χ3v) is 2.23. The number of pyridine rings is 1. The standard InChI is InChI=1S/C9H13ClN2/c1-6-8(10)7(4-5-12-6)9(2,3)11/h4-5H,11H2,1-3H3. The van der Waals surface area contributed by atoms with Gasteiger partial charge in [0.15, 0.2) is 0 Å². The number of nitrogens with zero attached hydrogens (tertiary/aromatic N) is 1. The lowest BCUT2D eigenvalue weighted by atomic mass is 9.96. The Labute approximate surface area is 77.8 Å². The average Bonchev–Trinajstić information content (AvgIpc) is 1.92.